The second-order valence-electron chi connectivity index (χ2n) is 5.74. The van der Waals surface area contributed by atoms with Crippen molar-refractivity contribution in [2.75, 3.05) is 18.1 Å². The van der Waals surface area contributed by atoms with Crippen LogP contribution in [0.1, 0.15) is 22.3 Å². The zero-order valence-corrected chi connectivity index (χ0v) is 16.4. The molecule has 0 radical (unpaired) electrons. The minimum atomic E-state index is -0.507. The fourth-order valence-electron chi connectivity index (χ4n) is 2.76. The highest BCUT2D eigenvalue weighted by Crippen LogP contribution is 2.37. The Morgan fingerprint density at radius 2 is 1.76 bits per heavy atom. The molecule has 1 aliphatic rings. The molecule has 1 amide bonds. The molecule has 0 spiro atoms. The first-order valence-electron chi connectivity index (χ1n) is 7.62. The van der Waals surface area contributed by atoms with Crippen LogP contribution >= 0.6 is 39.1 Å². The molecule has 0 atom stereocenters. The van der Waals surface area contributed by atoms with E-state index in [-0.39, 0.29) is 0 Å². The third-order valence-corrected chi connectivity index (χ3v) is 4.83. The number of amides is 1. The van der Waals surface area contributed by atoms with E-state index in [2.05, 4.69) is 15.9 Å². The fraction of sp³-hybridized carbons (Fsp3) is 0.222. The van der Waals surface area contributed by atoms with Crippen LogP contribution < -0.4 is 9.64 Å². The van der Waals surface area contributed by atoms with Crippen LogP contribution in [0.5, 0.6) is 5.75 Å². The lowest BCUT2D eigenvalue weighted by atomic mass is 10.1. The van der Waals surface area contributed by atoms with Crippen molar-refractivity contribution in [2.24, 2.45) is 0 Å². The van der Waals surface area contributed by atoms with Crippen LogP contribution in [0.15, 0.2) is 34.8 Å². The largest absolute Gasteiger partial charge is 0.493 e. The van der Waals surface area contributed by atoms with Gasteiger partial charge in [-0.2, -0.15) is 0 Å². The van der Waals surface area contributed by atoms with Crippen LogP contribution in [0.2, 0.25) is 10.0 Å². The molecule has 2 aromatic rings. The zero-order valence-electron chi connectivity index (χ0n) is 13.3. The summed E-state index contributed by atoms with van der Waals surface area (Å²) in [6.45, 7) is 2.64. The summed E-state index contributed by atoms with van der Waals surface area (Å²) in [6.07, 6.45) is 0.558. The van der Waals surface area contributed by atoms with E-state index in [0.717, 1.165) is 10.0 Å². The average molecular weight is 443 g/mol. The normalized spacial score (nSPS) is 13.4. The molecule has 1 heterocycles. The Kier molecular flexibility index (Phi) is 5.37. The Morgan fingerprint density at radius 1 is 1.08 bits per heavy atom. The molecule has 0 aliphatic carbocycles. The maximum absolute atomic E-state index is 12.3. The molecule has 25 heavy (non-hydrogen) atoms. The average Bonchev–Trinajstić information content (AvgIpc) is 2.75. The van der Waals surface area contributed by atoms with Crippen molar-refractivity contribution in [1.82, 2.24) is 0 Å². The van der Waals surface area contributed by atoms with Gasteiger partial charge in [-0.05, 0) is 65.2 Å². The number of rotatable bonds is 5. The van der Waals surface area contributed by atoms with E-state index < -0.39 is 11.7 Å². The number of ether oxygens (including phenoxy) is 1. The monoisotopic (exact) mass is 441 g/mol. The van der Waals surface area contributed by atoms with Crippen molar-refractivity contribution in [3.63, 3.8) is 0 Å². The zero-order chi connectivity index (χ0) is 18.1. The third kappa shape index (κ3) is 3.84. The number of benzene rings is 2. The highest BCUT2D eigenvalue weighted by atomic mass is 79.9. The number of Topliss-reactive ketones (excluding diaryl/α,β-unsaturated/α-hetero) is 1. The van der Waals surface area contributed by atoms with E-state index in [1.54, 1.807) is 24.3 Å². The molecule has 0 N–H and O–H groups in total. The lowest BCUT2D eigenvalue weighted by Crippen LogP contribution is -2.31. The first-order chi connectivity index (χ1) is 11.9. The van der Waals surface area contributed by atoms with Gasteiger partial charge in [0.25, 0.3) is 11.7 Å². The van der Waals surface area contributed by atoms with Gasteiger partial charge in [0.2, 0.25) is 0 Å². The van der Waals surface area contributed by atoms with Gasteiger partial charge in [-0.25, -0.2) is 0 Å². The molecule has 0 unspecified atom stereocenters. The number of hydrogen-bond donors (Lipinski definition) is 0. The van der Waals surface area contributed by atoms with Gasteiger partial charge in [-0.3, -0.25) is 9.59 Å². The molecule has 0 saturated heterocycles. The van der Waals surface area contributed by atoms with Crippen LogP contribution in [0, 0.1) is 6.92 Å². The number of carbonyl (C=O) groups excluding carboxylic acids is 2. The van der Waals surface area contributed by atoms with Crippen molar-refractivity contribution in [3.8, 4) is 5.75 Å². The van der Waals surface area contributed by atoms with E-state index in [1.807, 2.05) is 13.0 Å². The van der Waals surface area contributed by atoms with Crippen molar-refractivity contribution >= 4 is 56.5 Å². The summed E-state index contributed by atoms with van der Waals surface area (Å²) in [6, 6.07) is 8.60. The molecule has 7 heteroatoms. The molecule has 0 bridgehead atoms. The molecule has 2 aromatic carbocycles. The Morgan fingerprint density at radius 3 is 2.44 bits per heavy atom. The summed E-state index contributed by atoms with van der Waals surface area (Å²) in [5, 5.41) is 0.993. The first-order valence-corrected chi connectivity index (χ1v) is 9.17. The van der Waals surface area contributed by atoms with Crippen LogP contribution in [0.4, 0.5) is 5.69 Å². The Labute approximate surface area is 163 Å². The summed E-state index contributed by atoms with van der Waals surface area (Å²) in [4.78, 5) is 25.9. The van der Waals surface area contributed by atoms with E-state index in [1.165, 1.54) is 4.90 Å². The first kappa shape index (κ1) is 18.2. The summed E-state index contributed by atoms with van der Waals surface area (Å²) in [7, 11) is 0. The molecule has 130 valence electrons. The second-order valence-corrected chi connectivity index (χ2v) is 7.46. The van der Waals surface area contributed by atoms with Crippen LogP contribution in [0.3, 0.4) is 0 Å². The van der Waals surface area contributed by atoms with Gasteiger partial charge in [0.15, 0.2) is 0 Å². The number of halogens is 3. The number of hydrogen-bond acceptors (Lipinski definition) is 3. The number of aryl methyl sites for hydroxylation is 1. The quantitative estimate of drug-likeness (QED) is 0.480. The van der Waals surface area contributed by atoms with Crippen LogP contribution in [0.25, 0.3) is 0 Å². The minimum absolute atomic E-state index is 0.369. The Bertz CT molecular complexity index is 849. The minimum Gasteiger partial charge on any atom is -0.493 e. The van der Waals surface area contributed by atoms with Crippen molar-refractivity contribution in [3.05, 3.63) is 56.0 Å². The lowest BCUT2D eigenvalue weighted by Gasteiger charge is -2.18. The maximum atomic E-state index is 12.3. The summed E-state index contributed by atoms with van der Waals surface area (Å²) >= 11 is 15.3. The predicted octanol–water partition coefficient (Wildman–Crippen LogP) is 5.06. The van der Waals surface area contributed by atoms with Crippen LogP contribution in [-0.2, 0) is 4.79 Å². The number of fused-ring (bicyclic) bond motifs is 1. The van der Waals surface area contributed by atoms with Gasteiger partial charge < -0.3 is 9.64 Å². The molecule has 0 fully saturated rings. The molecular weight excluding hydrogens is 429 g/mol. The highest BCUT2D eigenvalue weighted by Gasteiger charge is 2.37. The number of anilines is 1. The lowest BCUT2D eigenvalue weighted by molar-refractivity contribution is -0.114. The molecule has 1 aliphatic heterocycles. The fourth-order valence-corrected chi connectivity index (χ4v) is 4.05. The van der Waals surface area contributed by atoms with Gasteiger partial charge in [-0.1, -0.05) is 23.2 Å². The maximum Gasteiger partial charge on any atom is 0.299 e. The molecule has 3 rings (SSSR count). The standard InChI is InChI=1S/C18H14BrCl2NO3/c1-10-5-14-16(15(19)6-10)22(18(24)17(14)23)3-2-4-25-13-8-11(20)7-12(21)9-13/h5-9H,2-4H2,1H3. The van der Waals surface area contributed by atoms with Gasteiger partial charge in [0, 0.05) is 21.1 Å². The highest BCUT2D eigenvalue weighted by molar-refractivity contribution is 9.10. The van der Waals surface area contributed by atoms with Gasteiger partial charge in [0.05, 0.1) is 17.9 Å². The summed E-state index contributed by atoms with van der Waals surface area (Å²) in [5.41, 5.74) is 2.00. The van der Waals surface area contributed by atoms with Crippen molar-refractivity contribution in [1.29, 1.82) is 0 Å². The number of ketones is 1. The van der Waals surface area contributed by atoms with E-state index in [9.17, 15) is 9.59 Å². The summed E-state index contributed by atoms with van der Waals surface area (Å²) < 4.78 is 6.36. The van der Waals surface area contributed by atoms with E-state index in [0.29, 0.717) is 46.6 Å². The van der Waals surface area contributed by atoms with E-state index >= 15 is 0 Å². The predicted molar refractivity (Wildman–Crippen MR) is 102 cm³/mol. The number of nitrogens with zero attached hydrogens (tertiary/aromatic N) is 1. The Hall–Kier alpha value is -1.56. The van der Waals surface area contributed by atoms with E-state index in [4.69, 9.17) is 27.9 Å². The van der Waals surface area contributed by atoms with Crippen molar-refractivity contribution < 1.29 is 14.3 Å². The van der Waals surface area contributed by atoms with Crippen molar-refractivity contribution in [2.45, 2.75) is 13.3 Å². The SMILES string of the molecule is Cc1cc(Br)c2c(c1)C(=O)C(=O)N2CCCOc1cc(Cl)cc(Cl)c1. The molecule has 4 nitrogen and oxygen atoms in total. The topological polar surface area (TPSA) is 46.6 Å². The second kappa shape index (κ2) is 7.36. The number of carbonyl (C=O) groups is 2. The van der Waals surface area contributed by atoms with Gasteiger partial charge in [-0.15, -0.1) is 0 Å². The smallest absolute Gasteiger partial charge is 0.299 e. The third-order valence-electron chi connectivity index (χ3n) is 3.79. The van der Waals surface area contributed by atoms with Crippen LogP contribution in [-0.4, -0.2) is 24.8 Å². The Balaban J connectivity index is 1.66. The molecular formula is C18H14BrCl2NO3. The van der Waals surface area contributed by atoms with Gasteiger partial charge in [0.1, 0.15) is 5.75 Å². The summed E-state index contributed by atoms with van der Waals surface area (Å²) in [5.74, 6) is -0.410. The van der Waals surface area contributed by atoms with Gasteiger partial charge >= 0.3 is 0 Å². The molecule has 0 saturated carbocycles. The molecule has 0 aromatic heterocycles.